The second-order valence-electron chi connectivity index (χ2n) is 6.62. The highest BCUT2D eigenvalue weighted by Crippen LogP contribution is 2.23. The van der Waals surface area contributed by atoms with Gasteiger partial charge in [0, 0.05) is 26.2 Å². The van der Waals surface area contributed by atoms with Crippen LogP contribution in [0.4, 0.5) is 0 Å². The number of aryl methyl sites for hydroxylation is 1. The molecular weight excluding hydrogens is 364 g/mol. The molecule has 0 aromatic carbocycles. The summed E-state index contributed by atoms with van der Waals surface area (Å²) in [6, 6.07) is -0.247. The van der Waals surface area contributed by atoms with E-state index < -0.39 is 9.84 Å². The molecule has 0 aliphatic carbocycles. The van der Waals surface area contributed by atoms with Crippen LogP contribution in [-0.4, -0.2) is 76.5 Å². The fourth-order valence-electron chi connectivity index (χ4n) is 3.21. The zero-order valence-corrected chi connectivity index (χ0v) is 16.2. The number of carbonyl (C=O) groups is 1. The average Bonchev–Trinajstić information content (AvgIpc) is 3.26. The molecule has 8 nitrogen and oxygen atoms in total. The summed E-state index contributed by atoms with van der Waals surface area (Å²) in [5.74, 6) is 1.15. The lowest BCUT2D eigenvalue weighted by Crippen LogP contribution is -2.46. The zero-order valence-electron chi connectivity index (χ0n) is 14.5. The van der Waals surface area contributed by atoms with Crippen LogP contribution in [-0.2, 0) is 26.4 Å². The molecule has 0 saturated carbocycles. The Bertz CT molecular complexity index is 728. The van der Waals surface area contributed by atoms with Crippen molar-refractivity contribution in [1.29, 1.82) is 0 Å². The maximum atomic E-state index is 12.8. The molecule has 10 heteroatoms. The largest absolute Gasteiger partial charge is 0.376 e. The Balaban J connectivity index is 1.66. The Morgan fingerprint density at radius 2 is 2.20 bits per heavy atom. The van der Waals surface area contributed by atoms with E-state index in [4.69, 9.17) is 4.74 Å². The highest BCUT2D eigenvalue weighted by molar-refractivity contribution is 7.99. The van der Waals surface area contributed by atoms with Gasteiger partial charge in [-0.1, -0.05) is 11.8 Å². The Hall–Kier alpha value is -1.13. The Kier molecular flexibility index (Phi) is 5.69. The molecule has 140 valence electrons. The van der Waals surface area contributed by atoms with E-state index in [1.807, 2.05) is 18.5 Å². The standard InChI is InChI=1S/C15H24N4O4S2/c1-11-16-17-15(18(11)2)24-9-14(20)19(8-13-4-3-6-23-13)12-5-7-25(21,22)10-12/h12-13H,3-10H2,1-2H3/t12-,13+/m1/s1. The van der Waals surface area contributed by atoms with Gasteiger partial charge in [-0.3, -0.25) is 4.79 Å². The van der Waals surface area contributed by atoms with E-state index in [-0.39, 0.29) is 35.3 Å². The molecule has 0 unspecified atom stereocenters. The first-order valence-corrected chi connectivity index (χ1v) is 11.3. The summed E-state index contributed by atoms with van der Waals surface area (Å²) in [7, 11) is -1.19. The van der Waals surface area contributed by atoms with E-state index >= 15 is 0 Å². The summed E-state index contributed by atoms with van der Waals surface area (Å²) in [5, 5.41) is 8.72. The van der Waals surface area contributed by atoms with Crippen molar-refractivity contribution in [3.05, 3.63) is 5.82 Å². The van der Waals surface area contributed by atoms with Gasteiger partial charge >= 0.3 is 0 Å². The van der Waals surface area contributed by atoms with Gasteiger partial charge in [0.1, 0.15) is 5.82 Å². The number of hydrogen-bond acceptors (Lipinski definition) is 7. The number of ether oxygens (including phenoxy) is 1. The van der Waals surface area contributed by atoms with Gasteiger partial charge in [-0.15, -0.1) is 10.2 Å². The minimum Gasteiger partial charge on any atom is -0.376 e. The van der Waals surface area contributed by atoms with Gasteiger partial charge in [0.2, 0.25) is 5.91 Å². The SMILES string of the molecule is Cc1nnc(SCC(=O)N(C[C@@H]2CCCO2)[C@@H]2CCS(=O)(=O)C2)n1C. The van der Waals surface area contributed by atoms with Crippen molar-refractivity contribution in [1.82, 2.24) is 19.7 Å². The summed E-state index contributed by atoms with van der Waals surface area (Å²) in [6.07, 6.45) is 2.42. The van der Waals surface area contributed by atoms with E-state index in [9.17, 15) is 13.2 Å². The molecule has 3 heterocycles. The number of sulfone groups is 1. The lowest BCUT2D eigenvalue weighted by Gasteiger charge is -2.30. The third-order valence-corrected chi connectivity index (χ3v) is 7.53. The molecule has 2 atom stereocenters. The fourth-order valence-corrected chi connectivity index (χ4v) is 5.78. The quantitative estimate of drug-likeness (QED) is 0.652. The average molecular weight is 389 g/mol. The van der Waals surface area contributed by atoms with Crippen LogP contribution in [0.2, 0.25) is 0 Å². The van der Waals surface area contributed by atoms with Crippen LogP contribution in [0.1, 0.15) is 25.1 Å². The van der Waals surface area contributed by atoms with E-state index in [0.717, 1.165) is 18.7 Å². The van der Waals surface area contributed by atoms with Gasteiger partial charge in [-0.25, -0.2) is 8.42 Å². The molecule has 2 saturated heterocycles. The molecule has 25 heavy (non-hydrogen) atoms. The first-order valence-electron chi connectivity index (χ1n) is 8.46. The predicted octanol–water partition coefficient (Wildman–Crippen LogP) is 0.410. The topological polar surface area (TPSA) is 94.4 Å². The summed E-state index contributed by atoms with van der Waals surface area (Å²) < 4.78 is 31.2. The van der Waals surface area contributed by atoms with Crippen molar-refractivity contribution in [2.75, 3.05) is 30.4 Å². The lowest BCUT2D eigenvalue weighted by atomic mass is 10.1. The predicted molar refractivity (Wildman–Crippen MR) is 94.2 cm³/mol. The number of thioether (sulfide) groups is 1. The van der Waals surface area contributed by atoms with Gasteiger partial charge in [0.25, 0.3) is 0 Å². The number of hydrogen-bond donors (Lipinski definition) is 0. The van der Waals surface area contributed by atoms with Crippen LogP contribution >= 0.6 is 11.8 Å². The number of carbonyl (C=O) groups excluding carboxylic acids is 1. The maximum absolute atomic E-state index is 12.8. The molecule has 0 N–H and O–H groups in total. The van der Waals surface area contributed by atoms with Crippen LogP contribution < -0.4 is 0 Å². The third kappa shape index (κ3) is 4.53. The van der Waals surface area contributed by atoms with Crippen LogP contribution in [0.3, 0.4) is 0 Å². The van der Waals surface area contributed by atoms with Crippen LogP contribution in [0, 0.1) is 6.92 Å². The maximum Gasteiger partial charge on any atom is 0.233 e. The molecule has 1 aromatic rings. The molecule has 2 aliphatic heterocycles. The zero-order chi connectivity index (χ0) is 18.0. The van der Waals surface area contributed by atoms with Gasteiger partial charge in [-0.05, 0) is 26.2 Å². The van der Waals surface area contributed by atoms with Crippen molar-refractivity contribution in [3.8, 4) is 0 Å². The summed E-state index contributed by atoms with van der Waals surface area (Å²) in [6.45, 7) is 3.03. The molecule has 2 aliphatic rings. The Morgan fingerprint density at radius 3 is 2.76 bits per heavy atom. The van der Waals surface area contributed by atoms with Gasteiger partial charge in [0.05, 0.1) is 23.4 Å². The third-order valence-electron chi connectivity index (χ3n) is 4.77. The van der Waals surface area contributed by atoms with E-state index in [0.29, 0.717) is 24.7 Å². The summed E-state index contributed by atoms with van der Waals surface area (Å²) in [4.78, 5) is 14.5. The highest BCUT2D eigenvalue weighted by Gasteiger charge is 2.36. The molecule has 1 amide bonds. The Labute approximate surface area is 152 Å². The smallest absolute Gasteiger partial charge is 0.233 e. The molecular formula is C15H24N4O4S2. The number of rotatable bonds is 6. The molecule has 2 fully saturated rings. The van der Waals surface area contributed by atoms with Crippen molar-refractivity contribution < 1.29 is 17.9 Å². The van der Waals surface area contributed by atoms with Crippen LogP contribution in [0.25, 0.3) is 0 Å². The van der Waals surface area contributed by atoms with Crippen molar-refractivity contribution in [3.63, 3.8) is 0 Å². The molecule has 0 bridgehead atoms. The van der Waals surface area contributed by atoms with Crippen molar-refractivity contribution in [2.45, 2.75) is 43.5 Å². The number of aromatic nitrogens is 3. The molecule has 0 spiro atoms. The number of nitrogens with zero attached hydrogens (tertiary/aromatic N) is 4. The second-order valence-corrected chi connectivity index (χ2v) is 9.79. The first kappa shape index (κ1) is 18.7. The lowest BCUT2D eigenvalue weighted by molar-refractivity contribution is -0.131. The normalized spacial score (nSPS) is 25.4. The van der Waals surface area contributed by atoms with Gasteiger partial charge in [-0.2, -0.15) is 0 Å². The minimum atomic E-state index is -3.05. The second kappa shape index (κ2) is 7.63. The minimum absolute atomic E-state index is 0.00864. The van der Waals surface area contributed by atoms with Crippen molar-refractivity contribution in [2.24, 2.45) is 7.05 Å². The van der Waals surface area contributed by atoms with Crippen molar-refractivity contribution >= 4 is 27.5 Å². The molecule has 3 rings (SSSR count). The summed E-state index contributed by atoms with van der Waals surface area (Å²) >= 11 is 1.33. The van der Waals surface area contributed by atoms with Crippen LogP contribution in [0.5, 0.6) is 0 Å². The monoisotopic (exact) mass is 388 g/mol. The van der Waals surface area contributed by atoms with E-state index in [1.165, 1.54) is 11.8 Å². The molecule has 0 radical (unpaired) electrons. The van der Waals surface area contributed by atoms with Gasteiger partial charge in [0.15, 0.2) is 15.0 Å². The van der Waals surface area contributed by atoms with E-state index in [2.05, 4.69) is 10.2 Å². The highest BCUT2D eigenvalue weighted by atomic mass is 32.2. The van der Waals surface area contributed by atoms with Crippen LogP contribution in [0.15, 0.2) is 5.16 Å². The fraction of sp³-hybridized carbons (Fsp3) is 0.800. The summed E-state index contributed by atoms with van der Waals surface area (Å²) in [5.41, 5.74) is 0. The Morgan fingerprint density at radius 1 is 1.40 bits per heavy atom. The van der Waals surface area contributed by atoms with E-state index in [1.54, 1.807) is 4.90 Å². The first-order chi connectivity index (χ1) is 11.9. The number of amides is 1. The molecule has 1 aromatic heterocycles. The van der Waals surface area contributed by atoms with Gasteiger partial charge < -0.3 is 14.2 Å².